The highest BCUT2D eigenvalue weighted by Crippen LogP contribution is 2.46. The number of hydrogen-bond donors (Lipinski definition) is 0. The molecule has 150 valence electrons. The molecular weight excluding hydrogens is 386 g/mol. The highest BCUT2D eigenvalue weighted by Gasteiger charge is 2.35. The molecule has 0 bridgehead atoms. The Kier molecular flexibility index (Phi) is 6.29. The second-order valence-corrected chi connectivity index (χ2v) is 8.56. The molecule has 1 unspecified atom stereocenters. The van der Waals surface area contributed by atoms with Crippen LogP contribution in [-0.2, 0) is 19.7 Å². The molecule has 0 aliphatic carbocycles. The van der Waals surface area contributed by atoms with E-state index in [9.17, 15) is 9.59 Å². The van der Waals surface area contributed by atoms with Gasteiger partial charge in [0.05, 0.1) is 12.2 Å². The monoisotopic (exact) mass is 409 g/mol. The SMILES string of the molecule is CCOC(=O)c1ccc(C#Cc2ccc3c(c2)C(C)(C)CC(OC(C)=O)S3)nc1. The molecule has 0 saturated carbocycles. The van der Waals surface area contributed by atoms with Gasteiger partial charge < -0.3 is 9.47 Å². The first kappa shape index (κ1) is 20.9. The van der Waals surface area contributed by atoms with Gasteiger partial charge in [0.2, 0.25) is 0 Å². The van der Waals surface area contributed by atoms with Crippen LogP contribution in [0.2, 0.25) is 0 Å². The fraction of sp³-hybridized carbons (Fsp3) is 0.348. The van der Waals surface area contributed by atoms with E-state index in [2.05, 4.69) is 36.7 Å². The molecular formula is C23H23NO4S. The van der Waals surface area contributed by atoms with E-state index in [4.69, 9.17) is 9.47 Å². The average Bonchev–Trinajstić information content (AvgIpc) is 2.66. The molecule has 2 aromatic rings. The van der Waals surface area contributed by atoms with Gasteiger partial charge in [-0.2, -0.15) is 0 Å². The number of hydrogen-bond acceptors (Lipinski definition) is 6. The Bertz CT molecular complexity index is 986. The highest BCUT2D eigenvalue weighted by molar-refractivity contribution is 7.99. The lowest BCUT2D eigenvalue weighted by Crippen LogP contribution is -2.30. The number of fused-ring (bicyclic) bond motifs is 1. The summed E-state index contributed by atoms with van der Waals surface area (Å²) >= 11 is 1.57. The first-order valence-electron chi connectivity index (χ1n) is 9.42. The Morgan fingerprint density at radius 3 is 2.69 bits per heavy atom. The topological polar surface area (TPSA) is 65.5 Å². The van der Waals surface area contributed by atoms with Crippen LogP contribution < -0.4 is 0 Å². The summed E-state index contributed by atoms with van der Waals surface area (Å²) in [6.45, 7) is 7.83. The average molecular weight is 410 g/mol. The lowest BCUT2D eigenvalue weighted by molar-refractivity contribution is -0.143. The Morgan fingerprint density at radius 2 is 2.03 bits per heavy atom. The summed E-state index contributed by atoms with van der Waals surface area (Å²) in [5.41, 5.74) is 2.78. The third-order valence-electron chi connectivity index (χ3n) is 4.55. The van der Waals surface area contributed by atoms with Crippen molar-refractivity contribution in [1.82, 2.24) is 4.98 Å². The normalized spacial score (nSPS) is 16.8. The third-order valence-corrected chi connectivity index (χ3v) is 5.69. The summed E-state index contributed by atoms with van der Waals surface area (Å²) in [6, 6.07) is 9.45. The minimum Gasteiger partial charge on any atom is -0.462 e. The number of carbonyl (C=O) groups is 2. The predicted octanol–water partition coefficient (Wildman–Crippen LogP) is 4.32. The molecule has 5 nitrogen and oxygen atoms in total. The lowest BCUT2D eigenvalue weighted by atomic mass is 9.80. The number of pyridine rings is 1. The molecule has 6 heteroatoms. The zero-order valence-corrected chi connectivity index (χ0v) is 17.8. The molecule has 2 heterocycles. The summed E-state index contributed by atoms with van der Waals surface area (Å²) in [7, 11) is 0. The number of esters is 2. The zero-order valence-electron chi connectivity index (χ0n) is 16.9. The van der Waals surface area contributed by atoms with Gasteiger partial charge in [-0.05, 0) is 54.2 Å². The number of thioether (sulfide) groups is 1. The van der Waals surface area contributed by atoms with Crippen molar-refractivity contribution in [1.29, 1.82) is 0 Å². The number of benzene rings is 1. The smallest absolute Gasteiger partial charge is 0.339 e. The second-order valence-electron chi connectivity index (χ2n) is 7.36. The van der Waals surface area contributed by atoms with Crippen LogP contribution >= 0.6 is 11.8 Å². The summed E-state index contributed by atoms with van der Waals surface area (Å²) in [5.74, 6) is 5.53. The van der Waals surface area contributed by atoms with Crippen molar-refractivity contribution in [3.05, 3.63) is 58.9 Å². The first-order chi connectivity index (χ1) is 13.8. The van der Waals surface area contributed by atoms with Gasteiger partial charge in [-0.15, -0.1) is 0 Å². The molecule has 1 atom stereocenters. The summed E-state index contributed by atoms with van der Waals surface area (Å²) < 4.78 is 10.4. The Balaban J connectivity index is 1.79. The summed E-state index contributed by atoms with van der Waals surface area (Å²) in [4.78, 5) is 28.3. The van der Waals surface area contributed by atoms with E-state index in [1.54, 1.807) is 30.8 Å². The van der Waals surface area contributed by atoms with E-state index >= 15 is 0 Å². The molecule has 0 amide bonds. The van der Waals surface area contributed by atoms with Gasteiger partial charge in [0.25, 0.3) is 0 Å². The molecule has 1 aliphatic heterocycles. The van der Waals surface area contributed by atoms with E-state index in [1.807, 2.05) is 12.1 Å². The van der Waals surface area contributed by atoms with Crippen molar-refractivity contribution >= 4 is 23.7 Å². The predicted molar refractivity (Wildman–Crippen MR) is 112 cm³/mol. The maximum atomic E-state index is 11.7. The Labute approximate surface area is 175 Å². The second kappa shape index (κ2) is 8.71. The van der Waals surface area contributed by atoms with Crippen LogP contribution in [0.25, 0.3) is 0 Å². The minimum absolute atomic E-state index is 0.127. The van der Waals surface area contributed by atoms with Crippen molar-refractivity contribution in [2.75, 3.05) is 6.61 Å². The van der Waals surface area contributed by atoms with Crippen LogP contribution in [0.4, 0.5) is 0 Å². The largest absolute Gasteiger partial charge is 0.462 e. The number of aromatic nitrogens is 1. The first-order valence-corrected chi connectivity index (χ1v) is 10.3. The summed E-state index contributed by atoms with van der Waals surface area (Å²) in [6.07, 6.45) is 2.22. The standard InChI is InChI=1S/C23H23NO4S/c1-5-27-22(26)17-8-10-18(24-14-17)9-6-16-7-11-20-19(12-16)23(3,4)13-21(29-20)28-15(2)25/h7-8,10-12,14,21H,5,13H2,1-4H3. The number of nitrogens with zero attached hydrogens (tertiary/aromatic N) is 1. The minimum atomic E-state index is -0.388. The number of ether oxygens (including phenoxy) is 2. The molecule has 0 radical (unpaired) electrons. The van der Waals surface area contributed by atoms with Crippen LogP contribution in [0.15, 0.2) is 41.4 Å². The van der Waals surface area contributed by atoms with Gasteiger partial charge in [-0.25, -0.2) is 9.78 Å². The molecule has 0 saturated heterocycles. The van der Waals surface area contributed by atoms with Gasteiger partial charge in [-0.1, -0.05) is 31.5 Å². The van der Waals surface area contributed by atoms with Gasteiger partial charge in [0.1, 0.15) is 5.69 Å². The van der Waals surface area contributed by atoms with Crippen molar-refractivity contribution in [2.24, 2.45) is 0 Å². The van der Waals surface area contributed by atoms with Crippen LogP contribution in [0, 0.1) is 11.8 Å². The molecule has 1 aliphatic rings. The number of carbonyl (C=O) groups excluding carboxylic acids is 2. The van der Waals surface area contributed by atoms with Gasteiger partial charge in [-0.3, -0.25) is 4.79 Å². The summed E-state index contributed by atoms with van der Waals surface area (Å²) in [5, 5.41) is 0. The number of rotatable bonds is 3. The van der Waals surface area contributed by atoms with E-state index in [0.29, 0.717) is 17.9 Å². The van der Waals surface area contributed by atoms with Crippen molar-refractivity contribution < 1.29 is 19.1 Å². The molecule has 3 rings (SSSR count). The van der Waals surface area contributed by atoms with Crippen LogP contribution in [0.5, 0.6) is 0 Å². The van der Waals surface area contributed by atoms with Crippen LogP contribution in [0.3, 0.4) is 0 Å². The molecule has 0 fully saturated rings. The van der Waals surface area contributed by atoms with E-state index in [0.717, 1.165) is 16.9 Å². The Hall–Kier alpha value is -2.78. The van der Waals surface area contributed by atoms with Gasteiger partial charge >= 0.3 is 11.9 Å². The fourth-order valence-corrected chi connectivity index (χ4v) is 4.71. The van der Waals surface area contributed by atoms with Crippen molar-refractivity contribution in [3.8, 4) is 11.8 Å². The maximum Gasteiger partial charge on any atom is 0.339 e. The van der Waals surface area contributed by atoms with Gasteiger partial charge in [0.15, 0.2) is 5.44 Å². The highest BCUT2D eigenvalue weighted by atomic mass is 32.2. The fourth-order valence-electron chi connectivity index (χ4n) is 3.14. The third kappa shape index (κ3) is 5.18. The van der Waals surface area contributed by atoms with E-state index in [1.165, 1.54) is 18.7 Å². The quantitative estimate of drug-likeness (QED) is 0.556. The van der Waals surface area contributed by atoms with Crippen LogP contribution in [0.1, 0.15) is 61.3 Å². The molecule has 1 aromatic heterocycles. The molecule has 0 N–H and O–H groups in total. The molecule has 0 spiro atoms. The molecule has 1 aromatic carbocycles. The van der Waals surface area contributed by atoms with Crippen molar-refractivity contribution in [2.45, 2.75) is 49.9 Å². The van der Waals surface area contributed by atoms with E-state index < -0.39 is 0 Å². The zero-order chi connectivity index (χ0) is 21.0. The van der Waals surface area contributed by atoms with Gasteiger partial charge in [0, 0.05) is 30.0 Å². The lowest BCUT2D eigenvalue weighted by Gasteiger charge is -2.36. The van der Waals surface area contributed by atoms with Crippen molar-refractivity contribution in [3.63, 3.8) is 0 Å². The van der Waals surface area contributed by atoms with E-state index in [-0.39, 0.29) is 22.8 Å². The molecule has 29 heavy (non-hydrogen) atoms. The maximum absolute atomic E-state index is 11.7. The van der Waals surface area contributed by atoms with Crippen LogP contribution in [-0.4, -0.2) is 29.0 Å². The Morgan fingerprint density at radius 1 is 1.24 bits per heavy atom.